The van der Waals surface area contributed by atoms with Crippen LogP contribution < -0.4 is 5.32 Å². The highest BCUT2D eigenvalue weighted by atomic mass is 32.2. The molecule has 4 rings (SSSR count). The number of rotatable bonds is 6. The minimum atomic E-state index is -0.431. The summed E-state index contributed by atoms with van der Waals surface area (Å²) >= 11 is 1.25. The van der Waals surface area contributed by atoms with Gasteiger partial charge in [-0.15, -0.1) is 5.10 Å². The highest BCUT2D eigenvalue weighted by Gasteiger charge is 2.15. The van der Waals surface area contributed by atoms with E-state index in [1.807, 2.05) is 31.2 Å². The molecule has 31 heavy (non-hydrogen) atoms. The van der Waals surface area contributed by atoms with E-state index >= 15 is 0 Å². The molecule has 0 fully saturated rings. The fourth-order valence-electron chi connectivity index (χ4n) is 2.83. The van der Waals surface area contributed by atoms with Crippen LogP contribution in [0.1, 0.15) is 15.9 Å². The summed E-state index contributed by atoms with van der Waals surface area (Å²) in [5.41, 5.74) is 4.08. The number of nitrogens with one attached hydrogen (secondary N) is 1. The number of anilines is 1. The number of carbonyl (C=O) groups excluding carboxylic acids is 2. The molecule has 0 spiro atoms. The molecule has 0 saturated carbocycles. The summed E-state index contributed by atoms with van der Waals surface area (Å²) in [4.78, 5) is 32.4. The van der Waals surface area contributed by atoms with Crippen molar-refractivity contribution >= 4 is 40.5 Å². The van der Waals surface area contributed by atoms with E-state index in [9.17, 15) is 9.59 Å². The number of aryl methyl sites for hydroxylation is 1. The Kier molecular flexibility index (Phi) is 5.89. The van der Waals surface area contributed by atoms with Gasteiger partial charge in [0, 0.05) is 5.69 Å². The number of hydrogen-bond acceptors (Lipinski definition) is 8. The van der Waals surface area contributed by atoms with Crippen LogP contribution in [0.4, 0.5) is 5.69 Å². The first kappa shape index (κ1) is 20.5. The van der Waals surface area contributed by atoms with Crippen molar-refractivity contribution in [2.45, 2.75) is 11.9 Å². The van der Waals surface area contributed by atoms with Crippen molar-refractivity contribution in [2.75, 3.05) is 18.2 Å². The standard InChI is InChI=1S/C21H18N6O3S/c1-13-3-9-16(10-4-13)27-19-18(25-26-27)20(23-12-22-19)31-11-17(28)24-15-7-5-14(6-8-15)21(29)30-2/h3-10,12H,11H2,1-2H3,(H,24,28). The molecule has 0 radical (unpaired) electrons. The maximum atomic E-state index is 12.3. The van der Waals surface area contributed by atoms with Crippen LogP contribution in [0.5, 0.6) is 0 Å². The molecule has 2 heterocycles. The highest BCUT2D eigenvalue weighted by Crippen LogP contribution is 2.24. The summed E-state index contributed by atoms with van der Waals surface area (Å²) < 4.78 is 6.30. The average Bonchev–Trinajstić information content (AvgIpc) is 3.23. The number of ether oxygens (including phenoxy) is 1. The maximum Gasteiger partial charge on any atom is 0.337 e. The third-order valence-corrected chi connectivity index (χ3v) is 5.39. The number of carbonyl (C=O) groups is 2. The Morgan fingerprint density at radius 1 is 1.06 bits per heavy atom. The van der Waals surface area contributed by atoms with E-state index in [-0.39, 0.29) is 11.7 Å². The topological polar surface area (TPSA) is 112 Å². The summed E-state index contributed by atoms with van der Waals surface area (Å²) in [6, 6.07) is 14.3. The zero-order valence-electron chi connectivity index (χ0n) is 16.8. The maximum absolute atomic E-state index is 12.3. The van der Waals surface area contributed by atoms with Crippen LogP contribution in [0.25, 0.3) is 16.9 Å². The number of aromatic nitrogens is 5. The number of esters is 1. The largest absolute Gasteiger partial charge is 0.465 e. The lowest BCUT2D eigenvalue weighted by Gasteiger charge is -2.06. The number of fused-ring (bicyclic) bond motifs is 1. The molecule has 1 N–H and O–H groups in total. The Morgan fingerprint density at radius 2 is 1.81 bits per heavy atom. The molecule has 0 unspecified atom stereocenters. The molecule has 0 aliphatic rings. The van der Waals surface area contributed by atoms with Crippen molar-refractivity contribution < 1.29 is 14.3 Å². The molecule has 4 aromatic rings. The number of nitrogens with zero attached hydrogens (tertiary/aromatic N) is 5. The van der Waals surface area contributed by atoms with E-state index in [0.29, 0.717) is 27.4 Å². The van der Waals surface area contributed by atoms with Crippen molar-refractivity contribution in [3.8, 4) is 5.69 Å². The van der Waals surface area contributed by atoms with Crippen molar-refractivity contribution in [1.82, 2.24) is 25.0 Å². The van der Waals surface area contributed by atoms with Gasteiger partial charge in [0.2, 0.25) is 5.91 Å². The lowest BCUT2D eigenvalue weighted by Crippen LogP contribution is -2.14. The van der Waals surface area contributed by atoms with E-state index < -0.39 is 5.97 Å². The lowest BCUT2D eigenvalue weighted by molar-refractivity contribution is -0.113. The molecular weight excluding hydrogens is 416 g/mol. The molecular formula is C21H18N6O3S. The second-order valence-corrected chi connectivity index (χ2v) is 7.56. The van der Waals surface area contributed by atoms with E-state index in [1.165, 1.54) is 25.2 Å². The number of benzene rings is 2. The Hall–Kier alpha value is -3.79. The summed E-state index contributed by atoms with van der Waals surface area (Å²) in [7, 11) is 1.32. The zero-order valence-corrected chi connectivity index (χ0v) is 17.6. The second-order valence-electron chi connectivity index (χ2n) is 6.59. The fraction of sp³-hybridized carbons (Fsp3) is 0.143. The lowest BCUT2D eigenvalue weighted by atomic mass is 10.2. The van der Waals surface area contributed by atoms with Gasteiger partial charge in [0.25, 0.3) is 0 Å². The number of thioether (sulfide) groups is 1. The molecule has 2 aromatic carbocycles. The van der Waals surface area contributed by atoms with E-state index in [0.717, 1.165) is 11.3 Å². The van der Waals surface area contributed by atoms with Gasteiger partial charge in [0.1, 0.15) is 11.4 Å². The van der Waals surface area contributed by atoms with Gasteiger partial charge in [-0.1, -0.05) is 34.7 Å². The molecule has 2 aromatic heterocycles. The van der Waals surface area contributed by atoms with Crippen molar-refractivity contribution in [1.29, 1.82) is 0 Å². The Morgan fingerprint density at radius 3 is 2.52 bits per heavy atom. The summed E-state index contributed by atoms with van der Waals surface area (Å²) in [6.07, 6.45) is 1.43. The quantitative estimate of drug-likeness (QED) is 0.280. The van der Waals surface area contributed by atoms with Gasteiger partial charge in [-0.2, -0.15) is 4.68 Å². The van der Waals surface area contributed by atoms with Gasteiger partial charge in [0.15, 0.2) is 11.2 Å². The fourth-order valence-corrected chi connectivity index (χ4v) is 3.56. The first-order valence-corrected chi connectivity index (χ1v) is 10.3. The Labute approximate surface area is 181 Å². The molecule has 0 atom stereocenters. The number of methoxy groups -OCH3 is 1. The third-order valence-electron chi connectivity index (χ3n) is 4.41. The number of hydrogen-bond donors (Lipinski definition) is 1. The summed E-state index contributed by atoms with van der Waals surface area (Å²) in [5.74, 6) is -0.518. The summed E-state index contributed by atoms with van der Waals surface area (Å²) in [6.45, 7) is 2.01. The predicted molar refractivity (Wildman–Crippen MR) is 116 cm³/mol. The van der Waals surface area contributed by atoms with Crippen LogP contribution >= 0.6 is 11.8 Å². The Bertz CT molecular complexity index is 1240. The third kappa shape index (κ3) is 4.53. The van der Waals surface area contributed by atoms with Crippen molar-refractivity contribution in [3.05, 3.63) is 66.0 Å². The summed E-state index contributed by atoms with van der Waals surface area (Å²) in [5, 5.41) is 11.8. The van der Waals surface area contributed by atoms with Crippen LogP contribution in [-0.2, 0) is 9.53 Å². The minimum Gasteiger partial charge on any atom is -0.465 e. The van der Waals surface area contributed by atoms with Crippen LogP contribution in [0.15, 0.2) is 59.9 Å². The highest BCUT2D eigenvalue weighted by molar-refractivity contribution is 8.00. The van der Waals surface area contributed by atoms with Crippen molar-refractivity contribution in [3.63, 3.8) is 0 Å². The molecule has 0 bridgehead atoms. The van der Waals surface area contributed by atoms with E-state index in [4.69, 9.17) is 0 Å². The monoisotopic (exact) mass is 434 g/mol. The average molecular weight is 434 g/mol. The van der Waals surface area contributed by atoms with Crippen LogP contribution in [0, 0.1) is 6.92 Å². The normalized spacial score (nSPS) is 10.8. The molecule has 10 heteroatoms. The smallest absolute Gasteiger partial charge is 0.337 e. The predicted octanol–water partition coefficient (Wildman–Crippen LogP) is 3.04. The van der Waals surface area contributed by atoms with Gasteiger partial charge in [-0.05, 0) is 43.3 Å². The van der Waals surface area contributed by atoms with Gasteiger partial charge < -0.3 is 10.1 Å². The van der Waals surface area contributed by atoms with Gasteiger partial charge >= 0.3 is 5.97 Å². The molecule has 0 aliphatic heterocycles. The number of amides is 1. The molecule has 0 saturated heterocycles. The molecule has 1 amide bonds. The van der Waals surface area contributed by atoms with Crippen molar-refractivity contribution in [2.24, 2.45) is 0 Å². The first-order valence-electron chi connectivity index (χ1n) is 9.29. The van der Waals surface area contributed by atoms with Gasteiger partial charge in [-0.3, -0.25) is 4.79 Å². The van der Waals surface area contributed by atoms with E-state index in [1.54, 1.807) is 28.9 Å². The van der Waals surface area contributed by atoms with Crippen LogP contribution in [-0.4, -0.2) is 49.7 Å². The van der Waals surface area contributed by atoms with Crippen LogP contribution in [0.3, 0.4) is 0 Å². The minimum absolute atomic E-state index is 0.127. The van der Waals surface area contributed by atoms with Gasteiger partial charge in [-0.25, -0.2) is 14.8 Å². The second kappa shape index (κ2) is 8.92. The van der Waals surface area contributed by atoms with Crippen LogP contribution in [0.2, 0.25) is 0 Å². The Balaban J connectivity index is 1.45. The first-order chi connectivity index (χ1) is 15.0. The molecule has 156 valence electrons. The SMILES string of the molecule is COC(=O)c1ccc(NC(=O)CSc2ncnc3c2nnn3-c2ccc(C)cc2)cc1. The van der Waals surface area contributed by atoms with Gasteiger partial charge in [0.05, 0.1) is 24.1 Å². The van der Waals surface area contributed by atoms with E-state index in [2.05, 4.69) is 30.3 Å². The molecule has 9 nitrogen and oxygen atoms in total. The zero-order chi connectivity index (χ0) is 21.8. The molecule has 0 aliphatic carbocycles.